The van der Waals surface area contributed by atoms with Gasteiger partial charge in [0.25, 0.3) is 0 Å². The number of aromatic nitrogens is 3. The Morgan fingerprint density at radius 1 is 1.11 bits per heavy atom. The van der Waals surface area contributed by atoms with Crippen molar-refractivity contribution in [3.05, 3.63) is 54.4 Å². The number of fused-ring (bicyclic) bond motifs is 1. The molecule has 1 aromatic carbocycles. The van der Waals surface area contributed by atoms with Crippen molar-refractivity contribution in [2.45, 2.75) is 12.8 Å². The van der Waals surface area contributed by atoms with E-state index in [9.17, 15) is 0 Å². The zero-order valence-corrected chi connectivity index (χ0v) is 11.2. The van der Waals surface area contributed by atoms with Crippen molar-refractivity contribution in [2.24, 2.45) is 0 Å². The van der Waals surface area contributed by atoms with Crippen LogP contribution in [0.2, 0.25) is 0 Å². The molecule has 3 aromatic rings. The first-order valence-electron chi connectivity index (χ1n) is 5.99. The van der Waals surface area contributed by atoms with E-state index in [0.29, 0.717) is 5.88 Å². The minimum atomic E-state index is 0.369. The van der Waals surface area contributed by atoms with Crippen molar-refractivity contribution in [2.75, 3.05) is 0 Å². The van der Waals surface area contributed by atoms with Gasteiger partial charge < -0.3 is 0 Å². The first-order valence-corrected chi connectivity index (χ1v) is 6.52. The fourth-order valence-corrected chi connectivity index (χ4v) is 2.44. The van der Waals surface area contributed by atoms with Crippen LogP contribution in [0.5, 0.6) is 0 Å². The van der Waals surface area contributed by atoms with E-state index >= 15 is 0 Å². The highest BCUT2D eigenvalue weighted by Crippen LogP contribution is 2.31. The normalized spacial score (nSPS) is 10.8. The molecule has 0 bridgehead atoms. The Morgan fingerprint density at radius 2 is 1.89 bits per heavy atom. The zero-order valence-electron chi connectivity index (χ0n) is 10.5. The van der Waals surface area contributed by atoms with Gasteiger partial charge in [0.1, 0.15) is 6.33 Å². The van der Waals surface area contributed by atoms with Crippen molar-refractivity contribution < 1.29 is 0 Å². The molecule has 3 nitrogen and oxygen atoms in total. The molecule has 0 unspecified atom stereocenters. The standard InChI is InChI=1S/C15H12ClN3/c1-10-2-3-13-11(4-10)8-19-14(5-16)15(13)12-6-17-9-18-7-12/h2-4,6-9H,5H2,1H3. The van der Waals surface area contributed by atoms with Crippen LogP contribution in [-0.4, -0.2) is 15.0 Å². The molecule has 2 aromatic heterocycles. The van der Waals surface area contributed by atoms with Gasteiger partial charge in [-0.05, 0) is 18.4 Å². The molecule has 4 heteroatoms. The van der Waals surface area contributed by atoms with Gasteiger partial charge in [-0.25, -0.2) is 9.97 Å². The van der Waals surface area contributed by atoms with Gasteiger partial charge in [-0.3, -0.25) is 4.98 Å². The lowest BCUT2D eigenvalue weighted by molar-refractivity contribution is 1.15. The lowest BCUT2D eigenvalue weighted by atomic mass is 9.99. The minimum Gasteiger partial charge on any atom is -0.259 e. The highest BCUT2D eigenvalue weighted by atomic mass is 35.5. The summed E-state index contributed by atoms with van der Waals surface area (Å²) in [4.78, 5) is 12.6. The van der Waals surface area contributed by atoms with Crippen LogP contribution in [0.25, 0.3) is 21.9 Å². The smallest absolute Gasteiger partial charge is 0.115 e. The van der Waals surface area contributed by atoms with Gasteiger partial charge in [-0.1, -0.05) is 17.7 Å². The van der Waals surface area contributed by atoms with Crippen LogP contribution in [0, 0.1) is 6.92 Å². The molecule has 0 aliphatic carbocycles. The summed E-state index contributed by atoms with van der Waals surface area (Å²) in [5.74, 6) is 0.369. The maximum Gasteiger partial charge on any atom is 0.115 e. The van der Waals surface area contributed by atoms with Gasteiger partial charge in [-0.15, -0.1) is 11.6 Å². The number of pyridine rings is 1. The number of hydrogen-bond donors (Lipinski definition) is 0. The van der Waals surface area contributed by atoms with Crippen LogP contribution >= 0.6 is 11.6 Å². The number of rotatable bonds is 2. The Kier molecular flexibility index (Phi) is 3.13. The third-order valence-corrected chi connectivity index (χ3v) is 3.35. The molecule has 0 spiro atoms. The third-order valence-electron chi connectivity index (χ3n) is 3.10. The Balaban J connectivity index is 2.37. The van der Waals surface area contributed by atoms with Crippen molar-refractivity contribution >= 4 is 22.4 Å². The van der Waals surface area contributed by atoms with Crippen molar-refractivity contribution in [1.29, 1.82) is 0 Å². The number of aryl methyl sites for hydroxylation is 1. The molecule has 2 heterocycles. The zero-order chi connectivity index (χ0) is 13.2. The summed E-state index contributed by atoms with van der Waals surface area (Å²) >= 11 is 6.01. The van der Waals surface area contributed by atoms with E-state index in [1.165, 1.54) is 11.9 Å². The summed E-state index contributed by atoms with van der Waals surface area (Å²) in [6.07, 6.45) is 6.97. The topological polar surface area (TPSA) is 38.7 Å². The molecule has 0 saturated heterocycles. The molecule has 0 aliphatic heterocycles. The summed E-state index contributed by atoms with van der Waals surface area (Å²) in [5.41, 5.74) is 4.03. The molecule has 0 aliphatic rings. The van der Waals surface area contributed by atoms with Crippen molar-refractivity contribution in [3.8, 4) is 11.1 Å². The lowest BCUT2D eigenvalue weighted by Gasteiger charge is -2.10. The SMILES string of the molecule is Cc1ccc2c(-c3cncnc3)c(CCl)ncc2c1. The van der Waals surface area contributed by atoms with Crippen molar-refractivity contribution in [1.82, 2.24) is 15.0 Å². The summed E-state index contributed by atoms with van der Waals surface area (Å²) in [7, 11) is 0. The number of benzene rings is 1. The fourth-order valence-electron chi connectivity index (χ4n) is 2.24. The average Bonchev–Trinajstić information content (AvgIpc) is 2.46. The second kappa shape index (κ2) is 4.94. The number of hydrogen-bond acceptors (Lipinski definition) is 3. The van der Waals surface area contributed by atoms with Gasteiger partial charge in [-0.2, -0.15) is 0 Å². The number of halogens is 1. The van der Waals surface area contributed by atoms with Gasteiger partial charge in [0.2, 0.25) is 0 Å². The molecule has 0 amide bonds. The van der Waals surface area contributed by atoms with Gasteiger partial charge in [0.05, 0.1) is 11.6 Å². The van der Waals surface area contributed by atoms with E-state index in [1.807, 2.05) is 6.20 Å². The van der Waals surface area contributed by atoms with Crippen LogP contribution in [-0.2, 0) is 5.88 Å². The Hall–Kier alpha value is -2.00. The predicted molar refractivity (Wildman–Crippen MR) is 77.1 cm³/mol. The highest BCUT2D eigenvalue weighted by molar-refractivity contribution is 6.17. The van der Waals surface area contributed by atoms with Crippen molar-refractivity contribution in [3.63, 3.8) is 0 Å². The van der Waals surface area contributed by atoms with Crippen LogP contribution in [0.15, 0.2) is 43.1 Å². The third kappa shape index (κ3) is 2.17. The molecule has 19 heavy (non-hydrogen) atoms. The van der Waals surface area contributed by atoms with E-state index in [-0.39, 0.29) is 0 Å². The highest BCUT2D eigenvalue weighted by Gasteiger charge is 2.11. The average molecular weight is 270 g/mol. The lowest BCUT2D eigenvalue weighted by Crippen LogP contribution is -1.94. The predicted octanol–water partition coefficient (Wildman–Crippen LogP) is 3.74. The molecule has 0 atom stereocenters. The molecule has 0 saturated carbocycles. The number of nitrogens with zero attached hydrogens (tertiary/aromatic N) is 3. The van der Waals surface area contributed by atoms with E-state index < -0.39 is 0 Å². The monoisotopic (exact) mass is 269 g/mol. The van der Waals surface area contributed by atoms with Gasteiger partial charge >= 0.3 is 0 Å². The Morgan fingerprint density at radius 3 is 2.63 bits per heavy atom. The summed E-state index contributed by atoms with van der Waals surface area (Å²) < 4.78 is 0. The van der Waals surface area contributed by atoms with Crippen LogP contribution < -0.4 is 0 Å². The summed E-state index contributed by atoms with van der Waals surface area (Å²) in [6.45, 7) is 2.07. The maximum atomic E-state index is 6.01. The first-order chi connectivity index (χ1) is 9.29. The molecule has 94 valence electrons. The van der Waals surface area contributed by atoms with E-state index in [2.05, 4.69) is 40.1 Å². The fraction of sp³-hybridized carbons (Fsp3) is 0.133. The Labute approximate surface area is 116 Å². The van der Waals surface area contributed by atoms with Crippen LogP contribution in [0.4, 0.5) is 0 Å². The summed E-state index contributed by atoms with van der Waals surface area (Å²) in [6, 6.07) is 6.31. The molecule has 3 rings (SSSR count). The second-order valence-corrected chi connectivity index (χ2v) is 4.70. The largest absolute Gasteiger partial charge is 0.259 e. The van der Waals surface area contributed by atoms with E-state index in [4.69, 9.17) is 11.6 Å². The van der Waals surface area contributed by atoms with Crippen LogP contribution in [0.3, 0.4) is 0 Å². The molecule has 0 fully saturated rings. The van der Waals surface area contributed by atoms with Crippen LogP contribution in [0.1, 0.15) is 11.3 Å². The van der Waals surface area contributed by atoms with Gasteiger partial charge in [0, 0.05) is 35.1 Å². The van der Waals surface area contributed by atoms with E-state index in [1.54, 1.807) is 12.4 Å². The minimum absolute atomic E-state index is 0.369. The molecule has 0 N–H and O–H groups in total. The number of alkyl halides is 1. The molecular formula is C15H12ClN3. The molecule has 0 radical (unpaired) electrons. The van der Waals surface area contributed by atoms with E-state index in [0.717, 1.165) is 27.6 Å². The summed E-state index contributed by atoms with van der Waals surface area (Å²) in [5, 5.41) is 2.23. The molecular weight excluding hydrogens is 258 g/mol. The van der Waals surface area contributed by atoms with Gasteiger partial charge in [0.15, 0.2) is 0 Å². The maximum absolute atomic E-state index is 6.01. The quantitative estimate of drug-likeness (QED) is 0.665. The second-order valence-electron chi connectivity index (χ2n) is 4.43. The first kappa shape index (κ1) is 12.1. The Bertz CT molecular complexity index is 726.